The van der Waals surface area contributed by atoms with Gasteiger partial charge in [0.1, 0.15) is 11.6 Å². The van der Waals surface area contributed by atoms with Gasteiger partial charge in [0.25, 0.3) is 0 Å². The molecule has 1 aliphatic rings. The summed E-state index contributed by atoms with van der Waals surface area (Å²) in [4.78, 5) is 11.4. The zero-order valence-corrected chi connectivity index (χ0v) is 16.0. The van der Waals surface area contributed by atoms with E-state index in [0.717, 1.165) is 55.2 Å². The highest BCUT2D eigenvalue weighted by molar-refractivity contribution is 5.53. The maximum Gasteiger partial charge on any atom is 0.226 e. The summed E-state index contributed by atoms with van der Waals surface area (Å²) in [5.74, 6) is 1.02. The monoisotopic (exact) mass is 381 g/mol. The number of pyridine rings is 1. The van der Waals surface area contributed by atoms with Crippen LogP contribution < -0.4 is 0 Å². The number of rotatable bonds is 7. The zero-order chi connectivity index (χ0) is 19.3. The second-order valence-electron chi connectivity index (χ2n) is 7.15. The van der Waals surface area contributed by atoms with Crippen molar-refractivity contribution in [3.05, 3.63) is 71.6 Å². The van der Waals surface area contributed by atoms with E-state index in [9.17, 15) is 4.39 Å². The fraction of sp³-hybridized carbons (Fsp3) is 0.364. The van der Waals surface area contributed by atoms with Crippen LogP contribution in [0.4, 0.5) is 4.39 Å². The predicted molar refractivity (Wildman–Crippen MR) is 104 cm³/mol. The Bertz CT molecular complexity index is 890. The van der Waals surface area contributed by atoms with Crippen molar-refractivity contribution in [3.63, 3.8) is 0 Å². The fourth-order valence-electron chi connectivity index (χ4n) is 3.48. The van der Waals surface area contributed by atoms with Crippen LogP contribution in [0.5, 0.6) is 0 Å². The molecule has 0 unspecified atom stereocenters. The molecule has 0 bridgehead atoms. The van der Waals surface area contributed by atoms with Gasteiger partial charge in [-0.05, 0) is 56.2 Å². The lowest BCUT2D eigenvalue weighted by Gasteiger charge is -2.24. The molecule has 1 aromatic carbocycles. The lowest BCUT2D eigenvalue weighted by Crippen LogP contribution is -2.32. The van der Waals surface area contributed by atoms with Gasteiger partial charge in [0, 0.05) is 38.0 Å². The van der Waals surface area contributed by atoms with Gasteiger partial charge in [0.2, 0.25) is 5.89 Å². The first-order chi connectivity index (χ1) is 13.7. The first kappa shape index (κ1) is 18.8. The van der Waals surface area contributed by atoms with Crippen LogP contribution in [0.15, 0.2) is 53.1 Å². The van der Waals surface area contributed by atoms with Gasteiger partial charge in [-0.2, -0.15) is 0 Å². The van der Waals surface area contributed by atoms with E-state index in [1.807, 2.05) is 31.3 Å². The molecular weight excluding hydrogens is 357 g/mol. The maximum atomic E-state index is 13.2. The van der Waals surface area contributed by atoms with Crippen molar-refractivity contribution < 1.29 is 13.5 Å². The van der Waals surface area contributed by atoms with E-state index >= 15 is 0 Å². The van der Waals surface area contributed by atoms with Crippen molar-refractivity contribution in [2.24, 2.45) is 0 Å². The minimum Gasteiger partial charge on any atom is -0.441 e. The summed E-state index contributed by atoms with van der Waals surface area (Å²) in [6, 6.07) is 12.1. The molecule has 1 aliphatic heterocycles. The quantitative estimate of drug-likeness (QED) is 0.608. The van der Waals surface area contributed by atoms with E-state index in [-0.39, 0.29) is 11.9 Å². The summed E-state index contributed by atoms with van der Waals surface area (Å²) in [6.07, 6.45) is 4.25. The molecule has 146 valence electrons. The van der Waals surface area contributed by atoms with Gasteiger partial charge < -0.3 is 9.15 Å². The molecule has 5 nitrogen and oxygen atoms in total. The van der Waals surface area contributed by atoms with E-state index in [1.165, 1.54) is 12.1 Å². The number of hydrogen-bond donors (Lipinski definition) is 0. The van der Waals surface area contributed by atoms with Crippen LogP contribution in [-0.2, 0) is 17.8 Å². The average molecular weight is 381 g/mol. The highest BCUT2D eigenvalue weighted by Crippen LogP contribution is 2.24. The number of halogens is 1. The maximum absolute atomic E-state index is 13.2. The van der Waals surface area contributed by atoms with Crippen LogP contribution in [0, 0.1) is 12.7 Å². The summed E-state index contributed by atoms with van der Waals surface area (Å²) < 4.78 is 24.9. The van der Waals surface area contributed by atoms with Gasteiger partial charge in [-0.1, -0.05) is 6.07 Å². The molecule has 3 aromatic rings. The van der Waals surface area contributed by atoms with Gasteiger partial charge in [-0.25, -0.2) is 9.37 Å². The molecule has 1 fully saturated rings. The lowest BCUT2D eigenvalue weighted by atomic mass is 10.2. The van der Waals surface area contributed by atoms with Gasteiger partial charge in [0.05, 0.1) is 17.5 Å². The SMILES string of the molecule is Cc1oc(-c2ccc(F)cc2)nc1CN(Cc1ccccn1)C[C@@H]1CCCO1. The molecular formula is C22H24FN3O2. The number of aromatic nitrogens is 2. The lowest BCUT2D eigenvalue weighted by molar-refractivity contribution is 0.0669. The van der Waals surface area contributed by atoms with Crippen molar-refractivity contribution in [2.75, 3.05) is 13.2 Å². The second-order valence-corrected chi connectivity index (χ2v) is 7.15. The Morgan fingerprint density at radius 1 is 1.14 bits per heavy atom. The molecule has 28 heavy (non-hydrogen) atoms. The summed E-state index contributed by atoms with van der Waals surface area (Å²) >= 11 is 0. The first-order valence-corrected chi connectivity index (χ1v) is 9.63. The molecule has 0 radical (unpaired) electrons. The Morgan fingerprint density at radius 3 is 2.71 bits per heavy atom. The van der Waals surface area contributed by atoms with Crippen molar-refractivity contribution in [1.29, 1.82) is 0 Å². The molecule has 0 saturated carbocycles. The van der Waals surface area contributed by atoms with Crippen molar-refractivity contribution >= 4 is 0 Å². The molecule has 0 aliphatic carbocycles. The molecule has 0 amide bonds. The fourth-order valence-corrected chi connectivity index (χ4v) is 3.48. The number of benzene rings is 1. The number of oxazole rings is 1. The van der Waals surface area contributed by atoms with E-state index in [2.05, 4.69) is 14.9 Å². The van der Waals surface area contributed by atoms with Crippen LogP contribution in [0.2, 0.25) is 0 Å². The van der Waals surface area contributed by atoms with E-state index < -0.39 is 0 Å². The Morgan fingerprint density at radius 2 is 2.00 bits per heavy atom. The molecule has 3 heterocycles. The number of hydrogen-bond acceptors (Lipinski definition) is 5. The zero-order valence-electron chi connectivity index (χ0n) is 16.0. The van der Waals surface area contributed by atoms with Gasteiger partial charge in [0.15, 0.2) is 0 Å². The highest BCUT2D eigenvalue weighted by atomic mass is 19.1. The van der Waals surface area contributed by atoms with Gasteiger partial charge >= 0.3 is 0 Å². The largest absolute Gasteiger partial charge is 0.441 e. The van der Waals surface area contributed by atoms with Crippen molar-refractivity contribution in [3.8, 4) is 11.5 Å². The Labute approximate surface area is 164 Å². The third-order valence-corrected chi connectivity index (χ3v) is 4.95. The van der Waals surface area contributed by atoms with E-state index in [4.69, 9.17) is 9.15 Å². The molecule has 1 saturated heterocycles. The normalized spacial score (nSPS) is 16.8. The first-order valence-electron chi connectivity index (χ1n) is 9.63. The minimum atomic E-state index is -0.273. The van der Waals surface area contributed by atoms with Crippen LogP contribution in [0.25, 0.3) is 11.5 Å². The van der Waals surface area contributed by atoms with Gasteiger partial charge in [-0.3, -0.25) is 9.88 Å². The highest BCUT2D eigenvalue weighted by Gasteiger charge is 2.22. The third kappa shape index (κ3) is 4.64. The molecule has 0 N–H and O–H groups in total. The number of ether oxygens (including phenoxy) is 1. The summed E-state index contributed by atoms with van der Waals surface area (Å²) in [7, 11) is 0. The predicted octanol–water partition coefficient (Wildman–Crippen LogP) is 4.37. The van der Waals surface area contributed by atoms with Crippen molar-refractivity contribution in [1.82, 2.24) is 14.9 Å². The smallest absolute Gasteiger partial charge is 0.226 e. The molecule has 4 rings (SSSR count). The molecule has 6 heteroatoms. The van der Waals surface area contributed by atoms with Gasteiger partial charge in [-0.15, -0.1) is 0 Å². The Kier molecular flexibility index (Phi) is 5.78. The summed E-state index contributed by atoms with van der Waals surface area (Å²) in [5.41, 5.74) is 2.67. The van der Waals surface area contributed by atoms with E-state index in [1.54, 1.807) is 12.1 Å². The molecule has 1 atom stereocenters. The van der Waals surface area contributed by atoms with Crippen LogP contribution in [0.1, 0.15) is 30.0 Å². The number of aryl methyl sites for hydroxylation is 1. The summed E-state index contributed by atoms with van der Waals surface area (Å²) in [5, 5.41) is 0. The third-order valence-electron chi connectivity index (χ3n) is 4.95. The molecule has 0 spiro atoms. The van der Waals surface area contributed by atoms with E-state index in [0.29, 0.717) is 12.4 Å². The van der Waals surface area contributed by atoms with Crippen molar-refractivity contribution in [2.45, 2.75) is 39.0 Å². The average Bonchev–Trinajstić information content (AvgIpc) is 3.33. The minimum absolute atomic E-state index is 0.243. The van der Waals surface area contributed by atoms with Crippen LogP contribution in [0.3, 0.4) is 0 Å². The molecule has 2 aromatic heterocycles. The van der Waals surface area contributed by atoms with Crippen LogP contribution in [-0.4, -0.2) is 34.1 Å². The Balaban J connectivity index is 1.52. The summed E-state index contributed by atoms with van der Waals surface area (Å²) in [6.45, 7) is 4.95. The standard InChI is InChI=1S/C22H24FN3O2/c1-16-21(25-22(28-16)17-7-9-18(23)10-8-17)15-26(14-20-6-4-12-27-20)13-19-5-2-3-11-24-19/h2-3,5,7-11,20H,4,6,12-15H2,1H3/t20-/m0/s1. The topological polar surface area (TPSA) is 51.4 Å². The van der Waals surface area contributed by atoms with Crippen LogP contribution >= 0.6 is 0 Å². The second kappa shape index (κ2) is 8.63. The Hall–Kier alpha value is -2.57. The number of nitrogens with zero attached hydrogens (tertiary/aromatic N) is 3.